The number of hydrogen-bond donors (Lipinski definition) is 1. The van der Waals surface area contributed by atoms with Crippen LogP contribution in [-0.2, 0) is 7.05 Å². The number of carbonyl (C=O) groups is 1. The Labute approximate surface area is 148 Å². The van der Waals surface area contributed by atoms with Crippen molar-refractivity contribution in [1.29, 1.82) is 0 Å². The van der Waals surface area contributed by atoms with Crippen molar-refractivity contribution < 1.29 is 4.79 Å². The quantitative estimate of drug-likeness (QED) is 0.889. The number of likely N-dealkylation sites (tertiary alicyclic amines) is 1. The molecule has 3 heterocycles. The van der Waals surface area contributed by atoms with Gasteiger partial charge in [0.2, 0.25) is 0 Å². The number of nitrogens with two attached hydrogens (primary N) is 1. The second kappa shape index (κ2) is 7.23. The Bertz CT molecular complexity index is 743. The molecule has 0 saturated carbocycles. The van der Waals surface area contributed by atoms with Gasteiger partial charge in [-0.3, -0.25) is 14.7 Å². The van der Waals surface area contributed by atoms with Crippen molar-refractivity contribution in [2.45, 2.75) is 18.9 Å². The summed E-state index contributed by atoms with van der Waals surface area (Å²) >= 11 is 0. The van der Waals surface area contributed by atoms with Crippen molar-refractivity contribution in [3.63, 3.8) is 0 Å². The molecule has 2 atom stereocenters. The summed E-state index contributed by atoms with van der Waals surface area (Å²) in [6.45, 7) is 1.99. The molecule has 0 aromatic carbocycles. The zero-order chi connectivity index (χ0) is 18.0. The zero-order valence-electron chi connectivity index (χ0n) is 15.1. The Hall–Kier alpha value is -2.41. The fourth-order valence-electron chi connectivity index (χ4n) is 3.82. The van der Waals surface area contributed by atoms with Crippen LogP contribution >= 0.6 is 0 Å². The van der Waals surface area contributed by atoms with Gasteiger partial charge in [0.1, 0.15) is 5.69 Å². The van der Waals surface area contributed by atoms with Crippen LogP contribution in [0.3, 0.4) is 0 Å². The second-order valence-electron chi connectivity index (χ2n) is 6.90. The summed E-state index contributed by atoms with van der Waals surface area (Å²) in [7, 11) is 6.28. The predicted molar refractivity (Wildman–Crippen MR) is 97.3 cm³/mol. The average molecular weight is 342 g/mol. The number of nitrogens with zero attached hydrogens (tertiary/aromatic N) is 5. The zero-order valence-corrected chi connectivity index (χ0v) is 15.1. The highest BCUT2D eigenvalue weighted by Gasteiger charge is 2.33. The first-order chi connectivity index (χ1) is 12.0. The van der Waals surface area contributed by atoms with Crippen LogP contribution in [0.1, 0.15) is 35.1 Å². The van der Waals surface area contributed by atoms with Gasteiger partial charge in [-0.05, 0) is 44.5 Å². The van der Waals surface area contributed by atoms with Crippen molar-refractivity contribution in [2.24, 2.45) is 18.7 Å². The van der Waals surface area contributed by atoms with Crippen LogP contribution in [0.4, 0.5) is 5.69 Å². The third-order valence-corrected chi connectivity index (χ3v) is 5.11. The van der Waals surface area contributed by atoms with E-state index >= 15 is 0 Å². The molecule has 0 radical (unpaired) electrons. The summed E-state index contributed by atoms with van der Waals surface area (Å²) in [6.07, 6.45) is 7.82. The summed E-state index contributed by atoms with van der Waals surface area (Å²) < 4.78 is 2.11. The second-order valence-corrected chi connectivity index (χ2v) is 6.90. The number of rotatable bonds is 5. The van der Waals surface area contributed by atoms with Crippen molar-refractivity contribution in [2.75, 3.05) is 32.1 Å². The van der Waals surface area contributed by atoms with E-state index in [-0.39, 0.29) is 0 Å². The van der Waals surface area contributed by atoms with Crippen molar-refractivity contribution in [1.82, 2.24) is 19.4 Å². The van der Waals surface area contributed by atoms with Crippen LogP contribution in [0.2, 0.25) is 0 Å². The van der Waals surface area contributed by atoms with Gasteiger partial charge in [-0.2, -0.15) is 0 Å². The molecule has 7 nitrogen and oxygen atoms in total. The Morgan fingerprint density at radius 1 is 1.44 bits per heavy atom. The molecule has 0 spiro atoms. The predicted octanol–water partition coefficient (Wildman–Crippen LogP) is 1.43. The van der Waals surface area contributed by atoms with Crippen molar-refractivity contribution >= 4 is 11.6 Å². The first-order valence-corrected chi connectivity index (χ1v) is 8.61. The summed E-state index contributed by atoms with van der Waals surface area (Å²) in [5.74, 6) is -0.0234. The average Bonchev–Trinajstić information content (AvgIpc) is 3.01. The molecule has 0 aliphatic carbocycles. The summed E-state index contributed by atoms with van der Waals surface area (Å²) in [5.41, 5.74) is 7.85. The summed E-state index contributed by atoms with van der Waals surface area (Å²) in [4.78, 5) is 24.3. The van der Waals surface area contributed by atoms with Gasteiger partial charge < -0.3 is 15.2 Å². The van der Waals surface area contributed by atoms with Gasteiger partial charge in [0.05, 0.1) is 18.1 Å². The fraction of sp³-hybridized carbons (Fsp3) is 0.500. The third kappa shape index (κ3) is 3.66. The van der Waals surface area contributed by atoms with Crippen molar-refractivity contribution in [3.8, 4) is 0 Å². The highest BCUT2D eigenvalue weighted by molar-refractivity contribution is 5.91. The van der Waals surface area contributed by atoms with Crippen LogP contribution in [0.5, 0.6) is 0 Å². The smallest absolute Gasteiger partial charge is 0.267 e. The van der Waals surface area contributed by atoms with E-state index in [1.165, 1.54) is 12.1 Å². The molecule has 2 N–H and O–H groups in total. The maximum atomic E-state index is 11.4. The monoisotopic (exact) mass is 342 g/mol. The molecular formula is C18H26N6O. The van der Waals surface area contributed by atoms with Crippen LogP contribution in [0.15, 0.2) is 30.9 Å². The third-order valence-electron chi connectivity index (χ3n) is 5.11. The number of pyridine rings is 1. The molecule has 134 valence electrons. The van der Waals surface area contributed by atoms with Crippen LogP contribution in [-0.4, -0.2) is 52.5 Å². The first-order valence-electron chi connectivity index (χ1n) is 8.61. The molecule has 2 aromatic heterocycles. The molecule has 0 bridgehead atoms. The van der Waals surface area contributed by atoms with Gasteiger partial charge in [-0.15, -0.1) is 0 Å². The number of aryl methyl sites for hydroxylation is 1. The van der Waals surface area contributed by atoms with E-state index in [0.717, 1.165) is 25.2 Å². The van der Waals surface area contributed by atoms with Crippen LogP contribution in [0, 0.1) is 5.92 Å². The van der Waals surface area contributed by atoms with Gasteiger partial charge in [-0.1, -0.05) is 0 Å². The van der Waals surface area contributed by atoms with E-state index in [9.17, 15) is 4.79 Å². The molecule has 1 fully saturated rings. The molecule has 1 aliphatic rings. The minimum Gasteiger partial charge on any atom is -0.374 e. The van der Waals surface area contributed by atoms with Gasteiger partial charge in [0.15, 0.2) is 0 Å². The fourth-order valence-corrected chi connectivity index (χ4v) is 3.82. The van der Waals surface area contributed by atoms with Crippen molar-refractivity contribution in [3.05, 3.63) is 42.2 Å². The van der Waals surface area contributed by atoms with E-state index < -0.39 is 5.91 Å². The molecule has 2 aromatic rings. The highest BCUT2D eigenvalue weighted by Crippen LogP contribution is 2.35. The maximum Gasteiger partial charge on any atom is 0.267 e. The van der Waals surface area contributed by atoms with Gasteiger partial charge in [-0.25, -0.2) is 4.98 Å². The lowest BCUT2D eigenvalue weighted by atomic mass is 9.87. The SMILES string of the molecule is CN(C[C@@H]1CCCN(C)[C@H]1c1cncn1C)c1ccnc(C(N)=O)c1. The topological polar surface area (TPSA) is 80.3 Å². The maximum absolute atomic E-state index is 11.4. The Kier molecular flexibility index (Phi) is 5.03. The van der Waals surface area contributed by atoms with E-state index in [0.29, 0.717) is 17.7 Å². The molecule has 1 saturated heterocycles. The summed E-state index contributed by atoms with van der Waals surface area (Å²) in [6, 6.07) is 4.01. The number of amides is 1. The number of carbonyl (C=O) groups excluding carboxylic acids is 1. The molecule has 1 aliphatic heterocycles. The lowest BCUT2D eigenvalue weighted by molar-refractivity contribution is 0.0995. The largest absolute Gasteiger partial charge is 0.374 e. The molecule has 25 heavy (non-hydrogen) atoms. The standard InChI is InChI=1S/C18H26N6O/c1-22-8-4-5-13(17(22)16-10-20-12-24(16)3)11-23(2)14-6-7-21-15(9-14)18(19)25/h6-7,9-10,12-13,17H,4-5,8,11H2,1-3H3,(H2,19,25)/t13-,17+/m0/s1. The van der Waals surface area contributed by atoms with Crippen LogP contribution in [0.25, 0.3) is 0 Å². The minimum atomic E-state index is -0.500. The van der Waals surface area contributed by atoms with Gasteiger partial charge >= 0.3 is 0 Å². The molecular weight excluding hydrogens is 316 g/mol. The molecule has 0 unspecified atom stereocenters. The Balaban J connectivity index is 1.81. The van der Waals surface area contributed by atoms with E-state index in [2.05, 4.69) is 38.4 Å². The number of aromatic nitrogens is 3. The first kappa shape index (κ1) is 17.4. The van der Waals surface area contributed by atoms with Crippen LogP contribution < -0.4 is 10.6 Å². The molecule has 1 amide bonds. The molecule has 7 heteroatoms. The lowest BCUT2D eigenvalue weighted by Crippen LogP contribution is -2.41. The Morgan fingerprint density at radius 3 is 2.92 bits per heavy atom. The lowest BCUT2D eigenvalue weighted by Gasteiger charge is -2.41. The molecule has 3 rings (SSSR count). The number of hydrogen-bond acceptors (Lipinski definition) is 5. The minimum absolute atomic E-state index is 0.299. The van der Waals surface area contributed by atoms with Gasteiger partial charge in [0.25, 0.3) is 5.91 Å². The van der Waals surface area contributed by atoms with E-state index in [1.807, 2.05) is 25.6 Å². The Morgan fingerprint density at radius 2 is 2.24 bits per heavy atom. The number of piperidine rings is 1. The number of primary amides is 1. The normalized spacial score (nSPS) is 21.2. The highest BCUT2D eigenvalue weighted by atomic mass is 16.1. The van der Waals surface area contributed by atoms with Gasteiger partial charge in [0, 0.05) is 38.7 Å². The summed E-state index contributed by atoms with van der Waals surface area (Å²) in [5, 5.41) is 0. The number of anilines is 1. The number of imidazole rings is 1. The van der Waals surface area contributed by atoms with E-state index in [1.54, 1.807) is 12.3 Å². The van der Waals surface area contributed by atoms with E-state index in [4.69, 9.17) is 5.73 Å².